The zero-order valence-corrected chi connectivity index (χ0v) is 17.4. The number of amides is 1. The number of rotatable bonds is 5. The van der Waals surface area contributed by atoms with Gasteiger partial charge in [-0.05, 0) is 37.8 Å². The van der Waals surface area contributed by atoms with Crippen molar-refractivity contribution in [2.24, 2.45) is 7.05 Å². The molecular formula is C19H18N4O4S2. The van der Waals surface area contributed by atoms with Crippen molar-refractivity contribution in [2.75, 3.05) is 5.32 Å². The van der Waals surface area contributed by atoms with Crippen LogP contribution in [0.15, 0.2) is 34.2 Å². The van der Waals surface area contributed by atoms with E-state index in [0.717, 1.165) is 36.6 Å². The molecule has 1 amide bonds. The molecule has 2 heterocycles. The largest absolute Gasteiger partial charge is 0.319 e. The second kappa shape index (κ2) is 7.60. The molecule has 0 saturated heterocycles. The number of anilines is 1. The number of thioether (sulfide) groups is 1. The number of nitro benzene ring substituents is 1. The molecule has 1 unspecified atom stereocenters. The first-order chi connectivity index (χ1) is 13.9. The number of aromatic nitrogens is 2. The molecular weight excluding hydrogens is 412 g/mol. The van der Waals surface area contributed by atoms with E-state index in [2.05, 4.69) is 10.3 Å². The maximum Gasteiger partial charge on any atom is 0.292 e. The van der Waals surface area contributed by atoms with Crippen LogP contribution in [0.2, 0.25) is 0 Å². The Labute approximate surface area is 174 Å². The molecule has 0 fully saturated rings. The standard InChI is InChI=1S/C19H18N4O4S2/c1-10(16(24)20-12-7-3-4-8-13(12)23(26)27)28-19-21-17-15(18(25)22(19)2)11-6-5-9-14(11)29-17/h3-4,7-8,10H,5-6,9H2,1-2H3,(H,20,24). The molecule has 0 saturated carbocycles. The van der Waals surface area contributed by atoms with Gasteiger partial charge in [0.15, 0.2) is 5.16 Å². The highest BCUT2D eigenvalue weighted by atomic mass is 32.2. The number of nitro groups is 1. The maximum atomic E-state index is 12.9. The van der Waals surface area contributed by atoms with Crippen LogP contribution in [-0.2, 0) is 24.7 Å². The summed E-state index contributed by atoms with van der Waals surface area (Å²) in [4.78, 5) is 42.6. The number of hydrogen-bond donors (Lipinski definition) is 1. The number of nitrogens with one attached hydrogen (secondary N) is 1. The van der Waals surface area contributed by atoms with Gasteiger partial charge in [-0.3, -0.25) is 24.3 Å². The third-order valence-corrected chi connectivity index (χ3v) is 7.24. The van der Waals surface area contributed by atoms with Crippen LogP contribution in [-0.4, -0.2) is 25.6 Å². The molecule has 1 aromatic carbocycles. The fourth-order valence-electron chi connectivity index (χ4n) is 3.40. The van der Waals surface area contributed by atoms with Gasteiger partial charge in [0.25, 0.3) is 11.2 Å². The molecule has 4 rings (SSSR count). The van der Waals surface area contributed by atoms with E-state index in [0.29, 0.717) is 15.4 Å². The highest BCUT2D eigenvalue weighted by molar-refractivity contribution is 8.00. The van der Waals surface area contributed by atoms with Crippen molar-refractivity contribution >= 4 is 50.6 Å². The monoisotopic (exact) mass is 430 g/mol. The number of hydrogen-bond acceptors (Lipinski definition) is 7. The molecule has 150 valence electrons. The van der Waals surface area contributed by atoms with Crippen molar-refractivity contribution < 1.29 is 9.72 Å². The number of carbonyl (C=O) groups excluding carboxylic acids is 1. The van der Waals surface area contributed by atoms with E-state index < -0.39 is 16.1 Å². The highest BCUT2D eigenvalue weighted by Crippen LogP contribution is 2.36. The Morgan fingerprint density at radius 3 is 2.90 bits per heavy atom. The van der Waals surface area contributed by atoms with Crippen molar-refractivity contribution in [3.8, 4) is 0 Å². The van der Waals surface area contributed by atoms with E-state index in [1.807, 2.05) is 0 Å². The van der Waals surface area contributed by atoms with E-state index in [9.17, 15) is 19.7 Å². The first-order valence-corrected chi connectivity index (χ1v) is 10.8. The molecule has 2 aromatic heterocycles. The molecule has 29 heavy (non-hydrogen) atoms. The average molecular weight is 431 g/mol. The average Bonchev–Trinajstić information content (AvgIpc) is 3.26. The molecule has 0 radical (unpaired) electrons. The predicted octanol–water partition coefficient (Wildman–Crippen LogP) is 3.51. The summed E-state index contributed by atoms with van der Waals surface area (Å²) < 4.78 is 1.48. The Morgan fingerprint density at radius 1 is 1.38 bits per heavy atom. The van der Waals surface area contributed by atoms with Gasteiger partial charge in [-0.1, -0.05) is 23.9 Å². The topological polar surface area (TPSA) is 107 Å². The molecule has 1 aliphatic carbocycles. The summed E-state index contributed by atoms with van der Waals surface area (Å²) in [6, 6.07) is 5.98. The summed E-state index contributed by atoms with van der Waals surface area (Å²) in [7, 11) is 1.66. The van der Waals surface area contributed by atoms with Crippen LogP contribution in [0.5, 0.6) is 0 Å². The van der Waals surface area contributed by atoms with Crippen LogP contribution in [0, 0.1) is 10.1 Å². The SMILES string of the molecule is CC(Sc1nc2sc3c(c2c(=O)n1C)CCC3)C(=O)Nc1ccccc1[N+](=O)[O-]. The van der Waals surface area contributed by atoms with E-state index >= 15 is 0 Å². The first-order valence-electron chi connectivity index (χ1n) is 9.09. The van der Waals surface area contributed by atoms with Crippen LogP contribution in [0.25, 0.3) is 10.2 Å². The number of aryl methyl sites for hydroxylation is 2. The maximum absolute atomic E-state index is 12.9. The molecule has 0 spiro atoms. The smallest absolute Gasteiger partial charge is 0.292 e. The lowest BCUT2D eigenvalue weighted by Gasteiger charge is -2.13. The summed E-state index contributed by atoms with van der Waals surface area (Å²) >= 11 is 2.71. The van der Waals surface area contributed by atoms with Gasteiger partial charge in [0.1, 0.15) is 10.5 Å². The minimum absolute atomic E-state index is 0.0943. The third-order valence-electron chi connectivity index (χ3n) is 4.92. The summed E-state index contributed by atoms with van der Waals surface area (Å²) in [5.41, 5.74) is 1.00. The molecule has 10 heteroatoms. The Bertz CT molecular complexity index is 1200. The summed E-state index contributed by atoms with van der Waals surface area (Å²) in [5.74, 6) is -0.396. The Balaban J connectivity index is 1.59. The van der Waals surface area contributed by atoms with E-state index in [1.54, 1.807) is 37.4 Å². The van der Waals surface area contributed by atoms with E-state index in [4.69, 9.17) is 0 Å². The van der Waals surface area contributed by atoms with Crippen LogP contribution < -0.4 is 10.9 Å². The number of carbonyl (C=O) groups is 1. The molecule has 8 nitrogen and oxygen atoms in total. The predicted molar refractivity (Wildman–Crippen MR) is 114 cm³/mol. The van der Waals surface area contributed by atoms with Gasteiger partial charge in [-0.2, -0.15) is 0 Å². The van der Waals surface area contributed by atoms with Gasteiger partial charge in [0, 0.05) is 18.0 Å². The van der Waals surface area contributed by atoms with Gasteiger partial charge in [-0.25, -0.2) is 4.98 Å². The van der Waals surface area contributed by atoms with Crippen molar-refractivity contribution in [1.82, 2.24) is 9.55 Å². The fourth-order valence-corrected chi connectivity index (χ4v) is 5.57. The number of thiophene rings is 1. The van der Waals surface area contributed by atoms with Crippen LogP contribution >= 0.6 is 23.1 Å². The van der Waals surface area contributed by atoms with Crippen molar-refractivity contribution in [2.45, 2.75) is 36.6 Å². The minimum atomic E-state index is -0.600. The zero-order chi connectivity index (χ0) is 20.7. The fraction of sp³-hybridized carbons (Fsp3) is 0.316. The van der Waals surface area contributed by atoms with Crippen LogP contribution in [0.1, 0.15) is 23.8 Å². The van der Waals surface area contributed by atoms with Crippen LogP contribution in [0.4, 0.5) is 11.4 Å². The van der Waals surface area contributed by atoms with Gasteiger partial charge >= 0.3 is 0 Å². The summed E-state index contributed by atoms with van der Waals surface area (Å²) in [5, 5.41) is 14.3. The normalized spacial score (nSPS) is 14.0. The first kappa shape index (κ1) is 19.6. The second-order valence-corrected chi connectivity index (χ2v) is 9.21. The minimum Gasteiger partial charge on any atom is -0.319 e. The third kappa shape index (κ3) is 3.53. The van der Waals surface area contributed by atoms with Crippen molar-refractivity contribution in [1.29, 1.82) is 0 Å². The zero-order valence-electron chi connectivity index (χ0n) is 15.8. The molecule has 1 aliphatic rings. The quantitative estimate of drug-likeness (QED) is 0.287. The van der Waals surface area contributed by atoms with Crippen molar-refractivity contribution in [3.05, 3.63) is 55.2 Å². The molecule has 3 aromatic rings. The van der Waals surface area contributed by atoms with Crippen LogP contribution in [0.3, 0.4) is 0 Å². The second-order valence-electron chi connectivity index (χ2n) is 6.82. The van der Waals surface area contributed by atoms with E-state index in [1.165, 1.54) is 21.6 Å². The number of fused-ring (bicyclic) bond motifs is 3. The Hall–Kier alpha value is -2.72. The van der Waals surface area contributed by atoms with Gasteiger partial charge in [-0.15, -0.1) is 11.3 Å². The van der Waals surface area contributed by atoms with Gasteiger partial charge in [0.2, 0.25) is 5.91 Å². The number of benzene rings is 1. The summed E-state index contributed by atoms with van der Waals surface area (Å²) in [6.07, 6.45) is 2.96. The van der Waals surface area contributed by atoms with Gasteiger partial charge < -0.3 is 5.32 Å². The van der Waals surface area contributed by atoms with Gasteiger partial charge in [0.05, 0.1) is 15.6 Å². The lowest BCUT2D eigenvalue weighted by Crippen LogP contribution is -2.25. The van der Waals surface area contributed by atoms with E-state index in [-0.39, 0.29) is 16.9 Å². The lowest BCUT2D eigenvalue weighted by molar-refractivity contribution is -0.383. The highest BCUT2D eigenvalue weighted by Gasteiger charge is 2.25. The Morgan fingerprint density at radius 2 is 2.14 bits per heavy atom. The van der Waals surface area contributed by atoms with Crippen molar-refractivity contribution in [3.63, 3.8) is 0 Å². The lowest BCUT2D eigenvalue weighted by atomic mass is 10.2. The molecule has 0 aliphatic heterocycles. The molecule has 1 atom stereocenters. The number of para-hydroxylation sites is 2. The molecule has 0 bridgehead atoms. The number of nitrogens with zero attached hydrogens (tertiary/aromatic N) is 3. The molecule has 1 N–H and O–H groups in total. The summed E-state index contributed by atoms with van der Waals surface area (Å²) in [6.45, 7) is 1.68. The Kier molecular flexibility index (Phi) is 5.13.